The number of fused-ring (bicyclic) bond motifs is 1. The average molecular weight is 392 g/mol. The molecule has 4 rings (SSSR count). The predicted octanol–water partition coefficient (Wildman–Crippen LogP) is 3.37. The Labute approximate surface area is 164 Å². The van der Waals surface area contributed by atoms with Crippen molar-refractivity contribution in [1.29, 1.82) is 0 Å². The number of para-hydroxylation sites is 1. The van der Waals surface area contributed by atoms with Gasteiger partial charge in [-0.1, -0.05) is 18.2 Å². The number of amides is 2. The van der Waals surface area contributed by atoms with Crippen LogP contribution in [0.5, 0.6) is 5.75 Å². The minimum atomic E-state index is -0.482. The largest absolute Gasteiger partial charge is 0.497 e. The lowest BCUT2D eigenvalue weighted by Gasteiger charge is -2.05. The molecule has 2 aromatic heterocycles. The van der Waals surface area contributed by atoms with E-state index in [9.17, 15) is 9.59 Å². The van der Waals surface area contributed by atoms with Crippen LogP contribution in [0.1, 0.15) is 20.8 Å². The Morgan fingerprint density at radius 2 is 1.79 bits per heavy atom. The first-order valence-corrected chi connectivity index (χ1v) is 9.30. The van der Waals surface area contributed by atoms with Crippen LogP contribution in [-0.2, 0) is 0 Å². The van der Waals surface area contributed by atoms with Crippen LogP contribution in [0, 0.1) is 0 Å². The van der Waals surface area contributed by atoms with Crippen molar-refractivity contribution in [1.82, 2.24) is 20.8 Å². The number of hydrogen-bond donors (Lipinski definition) is 3. The molecule has 8 heteroatoms. The Morgan fingerprint density at radius 1 is 1.04 bits per heavy atom. The summed E-state index contributed by atoms with van der Waals surface area (Å²) < 4.78 is 5.14. The molecule has 2 amide bonds. The molecular formula is C20H16N4O3S. The van der Waals surface area contributed by atoms with Gasteiger partial charge in [0.05, 0.1) is 12.7 Å². The van der Waals surface area contributed by atoms with Crippen LogP contribution in [0.4, 0.5) is 0 Å². The lowest BCUT2D eigenvalue weighted by molar-refractivity contribution is 0.0845. The molecule has 2 heterocycles. The van der Waals surface area contributed by atoms with Crippen molar-refractivity contribution in [3.63, 3.8) is 0 Å². The Balaban J connectivity index is 1.42. The number of ether oxygens (including phenoxy) is 1. The fourth-order valence-electron chi connectivity index (χ4n) is 2.75. The Hall–Kier alpha value is -3.65. The molecule has 0 saturated heterocycles. The van der Waals surface area contributed by atoms with E-state index in [-0.39, 0.29) is 5.69 Å². The highest BCUT2D eigenvalue weighted by Gasteiger charge is 2.15. The lowest BCUT2D eigenvalue weighted by atomic mass is 10.2. The van der Waals surface area contributed by atoms with Crippen LogP contribution in [0.25, 0.3) is 21.5 Å². The van der Waals surface area contributed by atoms with Crippen molar-refractivity contribution in [3.05, 3.63) is 71.4 Å². The van der Waals surface area contributed by atoms with Crippen molar-refractivity contribution in [3.8, 4) is 16.3 Å². The van der Waals surface area contributed by atoms with Gasteiger partial charge in [-0.05, 0) is 30.3 Å². The number of hydrogen-bond acceptors (Lipinski definition) is 5. The number of carbonyl (C=O) groups excluding carboxylic acids is 2. The third kappa shape index (κ3) is 3.45. The molecule has 0 atom stereocenters. The molecule has 0 unspecified atom stereocenters. The van der Waals surface area contributed by atoms with Crippen LogP contribution in [0.3, 0.4) is 0 Å². The van der Waals surface area contributed by atoms with Crippen molar-refractivity contribution in [2.24, 2.45) is 0 Å². The molecule has 28 heavy (non-hydrogen) atoms. The van der Waals surface area contributed by atoms with Gasteiger partial charge in [0, 0.05) is 28.0 Å². The Bertz CT molecular complexity index is 1150. The summed E-state index contributed by atoms with van der Waals surface area (Å²) in [6.07, 6.45) is 1.61. The van der Waals surface area contributed by atoms with Crippen molar-refractivity contribution in [2.75, 3.05) is 7.11 Å². The molecule has 0 bridgehead atoms. The number of H-pyrrole nitrogens is 1. The zero-order valence-corrected chi connectivity index (χ0v) is 15.7. The number of aromatic amines is 1. The van der Waals surface area contributed by atoms with Gasteiger partial charge >= 0.3 is 0 Å². The van der Waals surface area contributed by atoms with Gasteiger partial charge in [-0.2, -0.15) is 0 Å². The summed E-state index contributed by atoms with van der Waals surface area (Å²) in [6, 6.07) is 14.9. The summed E-state index contributed by atoms with van der Waals surface area (Å²) in [5.41, 5.74) is 7.25. The number of carbonyl (C=O) groups is 2. The topological polar surface area (TPSA) is 96.1 Å². The smallest absolute Gasteiger partial charge is 0.289 e. The fourth-order valence-corrected chi connectivity index (χ4v) is 3.55. The van der Waals surface area contributed by atoms with E-state index in [1.807, 2.05) is 48.5 Å². The van der Waals surface area contributed by atoms with Gasteiger partial charge in [0.1, 0.15) is 16.5 Å². The molecule has 2 aromatic carbocycles. The lowest BCUT2D eigenvalue weighted by Crippen LogP contribution is -2.41. The summed E-state index contributed by atoms with van der Waals surface area (Å²) in [5, 5.41) is 3.13. The number of hydrazine groups is 1. The summed E-state index contributed by atoms with van der Waals surface area (Å²) in [5.74, 6) is -0.140. The fraction of sp³-hybridized carbons (Fsp3) is 0.0500. The normalized spacial score (nSPS) is 10.6. The first-order chi connectivity index (χ1) is 13.7. The van der Waals surface area contributed by atoms with Gasteiger partial charge in [-0.3, -0.25) is 20.4 Å². The molecule has 0 aliphatic rings. The minimum absolute atomic E-state index is 0.232. The zero-order valence-electron chi connectivity index (χ0n) is 14.9. The number of thiazole rings is 1. The van der Waals surface area contributed by atoms with Crippen molar-refractivity contribution in [2.45, 2.75) is 0 Å². The minimum Gasteiger partial charge on any atom is -0.497 e. The number of aromatic nitrogens is 2. The quantitative estimate of drug-likeness (QED) is 0.464. The maximum Gasteiger partial charge on any atom is 0.289 e. The molecule has 0 aliphatic heterocycles. The second-order valence-corrected chi connectivity index (χ2v) is 6.78. The van der Waals surface area contributed by atoms with Crippen LogP contribution in [0.2, 0.25) is 0 Å². The van der Waals surface area contributed by atoms with Gasteiger partial charge in [0.2, 0.25) is 0 Å². The first kappa shape index (κ1) is 17.7. The van der Waals surface area contributed by atoms with Crippen LogP contribution in [-0.4, -0.2) is 28.9 Å². The molecular weight excluding hydrogens is 376 g/mol. The number of methoxy groups -OCH3 is 1. The highest BCUT2D eigenvalue weighted by molar-refractivity contribution is 7.13. The van der Waals surface area contributed by atoms with E-state index in [4.69, 9.17) is 4.74 Å². The number of rotatable bonds is 4. The molecule has 3 N–H and O–H groups in total. The second kappa shape index (κ2) is 7.53. The molecule has 0 saturated carbocycles. The van der Waals surface area contributed by atoms with Crippen molar-refractivity contribution >= 4 is 34.1 Å². The van der Waals surface area contributed by atoms with E-state index in [0.717, 1.165) is 22.2 Å². The molecule has 0 aliphatic carbocycles. The molecule has 0 fully saturated rings. The standard InChI is InChI=1S/C20H16N4O3S/c1-27-13-8-6-12(7-9-13)20-22-17(11-28-20)19(26)24-23-18(25)15-10-21-16-5-3-2-4-14(15)16/h2-11,21H,1H3,(H,23,25)(H,24,26). The maximum absolute atomic E-state index is 12.4. The third-order valence-electron chi connectivity index (χ3n) is 4.20. The second-order valence-electron chi connectivity index (χ2n) is 5.92. The first-order valence-electron chi connectivity index (χ1n) is 8.42. The number of benzene rings is 2. The molecule has 4 aromatic rings. The summed E-state index contributed by atoms with van der Waals surface area (Å²) >= 11 is 1.35. The van der Waals surface area contributed by atoms with Crippen LogP contribution >= 0.6 is 11.3 Å². The van der Waals surface area contributed by atoms with E-state index >= 15 is 0 Å². The molecule has 0 radical (unpaired) electrons. The monoisotopic (exact) mass is 392 g/mol. The third-order valence-corrected chi connectivity index (χ3v) is 5.09. The van der Waals surface area contributed by atoms with E-state index in [1.54, 1.807) is 18.7 Å². The van der Waals surface area contributed by atoms with Gasteiger partial charge in [-0.15, -0.1) is 11.3 Å². The predicted molar refractivity (Wildman–Crippen MR) is 107 cm³/mol. The van der Waals surface area contributed by atoms with Gasteiger partial charge in [0.15, 0.2) is 0 Å². The molecule has 140 valence electrons. The van der Waals surface area contributed by atoms with Gasteiger partial charge in [0.25, 0.3) is 11.8 Å². The summed E-state index contributed by atoms with van der Waals surface area (Å²) in [4.78, 5) is 32.0. The SMILES string of the molecule is COc1ccc(-c2nc(C(=O)NNC(=O)c3c[nH]c4ccccc34)cs2)cc1. The summed E-state index contributed by atoms with van der Waals surface area (Å²) in [6.45, 7) is 0. The Morgan fingerprint density at radius 3 is 2.57 bits per heavy atom. The zero-order chi connectivity index (χ0) is 19.5. The van der Waals surface area contributed by atoms with E-state index < -0.39 is 11.8 Å². The van der Waals surface area contributed by atoms with E-state index in [1.165, 1.54) is 11.3 Å². The highest BCUT2D eigenvalue weighted by Crippen LogP contribution is 2.25. The average Bonchev–Trinajstić information content (AvgIpc) is 3.39. The molecule has 7 nitrogen and oxygen atoms in total. The van der Waals surface area contributed by atoms with Gasteiger partial charge in [-0.25, -0.2) is 4.98 Å². The maximum atomic E-state index is 12.4. The molecule has 0 spiro atoms. The van der Waals surface area contributed by atoms with E-state index in [0.29, 0.717) is 10.6 Å². The highest BCUT2D eigenvalue weighted by atomic mass is 32.1. The van der Waals surface area contributed by atoms with E-state index in [2.05, 4.69) is 20.8 Å². The van der Waals surface area contributed by atoms with Crippen LogP contribution < -0.4 is 15.6 Å². The number of nitrogens with zero attached hydrogens (tertiary/aromatic N) is 1. The van der Waals surface area contributed by atoms with Crippen molar-refractivity contribution < 1.29 is 14.3 Å². The van der Waals surface area contributed by atoms with Crippen LogP contribution in [0.15, 0.2) is 60.1 Å². The summed E-state index contributed by atoms with van der Waals surface area (Å²) in [7, 11) is 1.60. The Kier molecular flexibility index (Phi) is 4.77. The number of nitrogens with one attached hydrogen (secondary N) is 3. The van der Waals surface area contributed by atoms with Gasteiger partial charge < -0.3 is 9.72 Å².